The predicted octanol–water partition coefficient (Wildman–Crippen LogP) is 2.64. The molecule has 2 rings (SSSR count). The Morgan fingerprint density at radius 2 is 2.24 bits per heavy atom. The van der Waals surface area contributed by atoms with E-state index >= 15 is 0 Å². The van der Waals surface area contributed by atoms with Crippen LogP contribution in [0.2, 0.25) is 0 Å². The number of rotatable bonds is 5. The first kappa shape index (κ1) is 17.8. The van der Waals surface area contributed by atoms with Crippen LogP contribution in [-0.2, 0) is 11.3 Å². The fourth-order valence-corrected chi connectivity index (χ4v) is 2.71. The Hall–Kier alpha value is -1.26. The molecule has 0 heterocycles. The van der Waals surface area contributed by atoms with Crippen LogP contribution in [0.3, 0.4) is 0 Å². The maximum absolute atomic E-state index is 12.1. The SMILES string of the molecule is CCOc1cccc(CNC(=O)C2CCCC(N)C2)c1.Cl. The van der Waals surface area contributed by atoms with Gasteiger partial charge in [0, 0.05) is 18.5 Å². The second-order valence-corrected chi connectivity index (χ2v) is 5.42. The molecule has 1 aromatic carbocycles. The zero-order chi connectivity index (χ0) is 14.4. The minimum Gasteiger partial charge on any atom is -0.494 e. The van der Waals surface area contributed by atoms with Crippen LogP contribution in [0, 0.1) is 5.92 Å². The van der Waals surface area contributed by atoms with Crippen LogP contribution in [-0.4, -0.2) is 18.6 Å². The van der Waals surface area contributed by atoms with Crippen LogP contribution < -0.4 is 15.8 Å². The molecule has 0 saturated heterocycles. The number of halogens is 1. The molecule has 0 bridgehead atoms. The molecular weight excluding hydrogens is 288 g/mol. The monoisotopic (exact) mass is 312 g/mol. The maximum Gasteiger partial charge on any atom is 0.223 e. The van der Waals surface area contributed by atoms with E-state index in [1.54, 1.807) is 0 Å². The molecule has 1 saturated carbocycles. The normalized spacial score (nSPS) is 21.2. The Bertz CT molecular complexity index is 454. The van der Waals surface area contributed by atoms with Crippen molar-refractivity contribution < 1.29 is 9.53 Å². The summed E-state index contributed by atoms with van der Waals surface area (Å²) in [6.45, 7) is 3.15. The van der Waals surface area contributed by atoms with Gasteiger partial charge in [-0.3, -0.25) is 4.79 Å². The average molecular weight is 313 g/mol. The quantitative estimate of drug-likeness (QED) is 0.878. The van der Waals surface area contributed by atoms with Gasteiger partial charge in [0.05, 0.1) is 6.61 Å². The third-order valence-corrected chi connectivity index (χ3v) is 3.76. The lowest BCUT2D eigenvalue weighted by Gasteiger charge is -2.25. The molecular formula is C16H25ClN2O2. The van der Waals surface area contributed by atoms with E-state index in [0.29, 0.717) is 13.2 Å². The molecule has 1 aliphatic rings. The van der Waals surface area contributed by atoms with Gasteiger partial charge in [0.1, 0.15) is 5.75 Å². The first-order valence-corrected chi connectivity index (χ1v) is 7.44. The summed E-state index contributed by atoms with van der Waals surface area (Å²) in [7, 11) is 0. The number of nitrogens with two attached hydrogens (primary N) is 1. The first-order valence-electron chi connectivity index (χ1n) is 7.44. The Balaban J connectivity index is 0.00000220. The summed E-state index contributed by atoms with van der Waals surface area (Å²) in [4.78, 5) is 12.1. The number of hydrogen-bond donors (Lipinski definition) is 2. The van der Waals surface area contributed by atoms with Crippen molar-refractivity contribution in [2.45, 2.75) is 45.2 Å². The second kappa shape index (κ2) is 8.90. The van der Waals surface area contributed by atoms with Crippen LogP contribution in [0.1, 0.15) is 38.2 Å². The maximum atomic E-state index is 12.1. The lowest BCUT2D eigenvalue weighted by Crippen LogP contribution is -2.37. The predicted molar refractivity (Wildman–Crippen MR) is 86.6 cm³/mol. The van der Waals surface area contributed by atoms with Gasteiger partial charge in [0.25, 0.3) is 0 Å². The minimum absolute atomic E-state index is 0. The molecule has 4 nitrogen and oxygen atoms in total. The molecule has 3 N–H and O–H groups in total. The summed E-state index contributed by atoms with van der Waals surface area (Å²) in [6, 6.07) is 8.02. The summed E-state index contributed by atoms with van der Waals surface area (Å²) in [5.74, 6) is 1.05. The average Bonchev–Trinajstić information content (AvgIpc) is 2.45. The summed E-state index contributed by atoms with van der Waals surface area (Å²) >= 11 is 0. The van der Waals surface area contributed by atoms with Crippen molar-refractivity contribution in [3.63, 3.8) is 0 Å². The van der Waals surface area contributed by atoms with E-state index in [2.05, 4.69) is 5.32 Å². The lowest BCUT2D eigenvalue weighted by atomic mass is 9.85. The van der Waals surface area contributed by atoms with Crippen LogP contribution in [0.25, 0.3) is 0 Å². The molecule has 0 aliphatic heterocycles. The van der Waals surface area contributed by atoms with Gasteiger partial charge in [0.2, 0.25) is 5.91 Å². The molecule has 1 aromatic rings. The highest BCUT2D eigenvalue weighted by molar-refractivity contribution is 5.85. The zero-order valence-electron chi connectivity index (χ0n) is 12.5. The number of hydrogen-bond acceptors (Lipinski definition) is 3. The molecule has 1 amide bonds. The summed E-state index contributed by atoms with van der Waals surface area (Å²) in [5, 5.41) is 3.01. The van der Waals surface area contributed by atoms with Gasteiger partial charge in [-0.1, -0.05) is 18.6 Å². The highest BCUT2D eigenvalue weighted by Crippen LogP contribution is 2.23. The second-order valence-electron chi connectivity index (χ2n) is 5.42. The van der Waals surface area contributed by atoms with Gasteiger partial charge in [0.15, 0.2) is 0 Å². The van der Waals surface area contributed by atoms with Crippen LogP contribution in [0.15, 0.2) is 24.3 Å². The third-order valence-electron chi connectivity index (χ3n) is 3.76. The lowest BCUT2D eigenvalue weighted by molar-refractivity contribution is -0.126. The number of benzene rings is 1. The van der Waals surface area contributed by atoms with Crippen LogP contribution in [0.4, 0.5) is 0 Å². The van der Waals surface area contributed by atoms with Crippen molar-refractivity contribution in [3.05, 3.63) is 29.8 Å². The van der Waals surface area contributed by atoms with Crippen molar-refractivity contribution in [3.8, 4) is 5.75 Å². The zero-order valence-corrected chi connectivity index (χ0v) is 13.3. The number of carbonyl (C=O) groups is 1. The Morgan fingerprint density at radius 1 is 1.43 bits per heavy atom. The molecule has 118 valence electrons. The topological polar surface area (TPSA) is 64.3 Å². The number of ether oxygens (including phenoxy) is 1. The largest absolute Gasteiger partial charge is 0.494 e. The van der Waals surface area contributed by atoms with Crippen LogP contribution >= 0.6 is 12.4 Å². The molecule has 0 spiro atoms. The van der Waals surface area contributed by atoms with Crippen molar-refractivity contribution in [1.29, 1.82) is 0 Å². The smallest absolute Gasteiger partial charge is 0.223 e. The van der Waals surface area contributed by atoms with E-state index in [1.165, 1.54) is 0 Å². The summed E-state index contributed by atoms with van der Waals surface area (Å²) in [5.41, 5.74) is 6.99. The van der Waals surface area contributed by atoms with Crippen molar-refractivity contribution in [2.24, 2.45) is 11.7 Å². The highest BCUT2D eigenvalue weighted by atomic mass is 35.5. The summed E-state index contributed by atoms with van der Waals surface area (Å²) < 4.78 is 5.45. The Morgan fingerprint density at radius 3 is 2.95 bits per heavy atom. The molecule has 1 fully saturated rings. The third kappa shape index (κ3) is 5.56. The van der Waals surface area contributed by atoms with Gasteiger partial charge in [-0.2, -0.15) is 0 Å². The first-order chi connectivity index (χ1) is 9.69. The fraction of sp³-hybridized carbons (Fsp3) is 0.562. The number of carbonyl (C=O) groups excluding carboxylic acids is 1. The number of nitrogens with one attached hydrogen (secondary N) is 1. The van der Waals surface area contributed by atoms with Crippen molar-refractivity contribution in [1.82, 2.24) is 5.32 Å². The molecule has 2 atom stereocenters. The van der Waals surface area contributed by atoms with E-state index < -0.39 is 0 Å². The van der Waals surface area contributed by atoms with E-state index in [9.17, 15) is 4.79 Å². The fourth-order valence-electron chi connectivity index (χ4n) is 2.71. The van der Waals surface area contributed by atoms with Crippen LogP contribution in [0.5, 0.6) is 5.75 Å². The van der Waals surface area contributed by atoms with Gasteiger partial charge >= 0.3 is 0 Å². The van der Waals surface area contributed by atoms with Gasteiger partial charge in [-0.25, -0.2) is 0 Å². The molecule has 21 heavy (non-hydrogen) atoms. The number of amides is 1. The summed E-state index contributed by atoms with van der Waals surface area (Å²) in [6.07, 6.45) is 3.86. The van der Waals surface area contributed by atoms with Crippen molar-refractivity contribution in [2.75, 3.05) is 6.61 Å². The molecule has 5 heteroatoms. The molecule has 0 aromatic heterocycles. The standard InChI is InChI=1S/C16H24N2O2.ClH/c1-2-20-15-8-3-5-12(9-15)11-18-16(19)13-6-4-7-14(17)10-13;/h3,5,8-9,13-14H,2,4,6-7,10-11,17H2,1H3,(H,18,19);1H. The Kier molecular flexibility index (Phi) is 7.54. The van der Waals surface area contributed by atoms with E-state index in [1.807, 2.05) is 31.2 Å². The Labute approximate surface area is 132 Å². The highest BCUT2D eigenvalue weighted by Gasteiger charge is 2.24. The van der Waals surface area contributed by atoms with E-state index in [4.69, 9.17) is 10.5 Å². The van der Waals surface area contributed by atoms with Gasteiger partial charge in [-0.05, 0) is 43.9 Å². The van der Waals surface area contributed by atoms with Gasteiger partial charge in [-0.15, -0.1) is 12.4 Å². The van der Waals surface area contributed by atoms with E-state index in [-0.39, 0.29) is 30.3 Å². The molecule has 2 unspecified atom stereocenters. The molecule has 1 aliphatic carbocycles. The molecule has 0 radical (unpaired) electrons. The minimum atomic E-state index is 0. The van der Waals surface area contributed by atoms with Gasteiger partial charge < -0.3 is 15.8 Å². The van der Waals surface area contributed by atoms with E-state index in [0.717, 1.165) is 37.0 Å². The van der Waals surface area contributed by atoms with Crippen molar-refractivity contribution >= 4 is 18.3 Å².